The van der Waals surface area contributed by atoms with Gasteiger partial charge in [-0.25, -0.2) is 4.98 Å². The third-order valence-corrected chi connectivity index (χ3v) is 3.51. The fourth-order valence-corrected chi connectivity index (χ4v) is 2.26. The van der Waals surface area contributed by atoms with E-state index in [0.29, 0.717) is 10.8 Å². The van der Waals surface area contributed by atoms with Crippen LogP contribution in [0, 0.1) is 0 Å². The minimum atomic E-state index is -0.437. The van der Waals surface area contributed by atoms with Crippen molar-refractivity contribution < 1.29 is 19.1 Å². The van der Waals surface area contributed by atoms with E-state index in [4.69, 9.17) is 16.3 Å². The van der Waals surface area contributed by atoms with Crippen LogP contribution >= 0.6 is 11.6 Å². The standard InChI is InChI=1S/C17H16ClNO4/c1-22-15-9-12(11-4-3-5-13(18)8-11)10-19-17(15)14(20)6-7-16(21)23-2/h3-5,8-10H,6-7H2,1-2H3. The summed E-state index contributed by atoms with van der Waals surface area (Å²) in [6.45, 7) is 0. The minimum Gasteiger partial charge on any atom is -0.494 e. The highest BCUT2D eigenvalue weighted by atomic mass is 35.5. The van der Waals surface area contributed by atoms with Gasteiger partial charge in [-0.1, -0.05) is 23.7 Å². The van der Waals surface area contributed by atoms with Gasteiger partial charge in [-0.05, 0) is 23.8 Å². The number of ether oxygens (including phenoxy) is 2. The molecule has 0 spiro atoms. The van der Waals surface area contributed by atoms with Gasteiger partial charge in [-0.15, -0.1) is 0 Å². The number of carbonyl (C=O) groups is 2. The SMILES string of the molecule is COC(=O)CCC(=O)c1ncc(-c2cccc(Cl)c2)cc1OC. The van der Waals surface area contributed by atoms with Crippen LogP contribution in [0.25, 0.3) is 11.1 Å². The van der Waals surface area contributed by atoms with Crippen molar-refractivity contribution >= 4 is 23.4 Å². The van der Waals surface area contributed by atoms with Crippen LogP contribution in [0.5, 0.6) is 5.75 Å². The second-order valence-corrected chi connectivity index (χ2v) is 5.22. The average molecular weight is 334 g/mol. The first-order valence-corrected chi connectivity index (χ1v) is 7.33. The van der Waals surface area contributed by atoms with E-state index in [2.05, 4.69) is 9.72 Å². The van der Waals surface area contributed by atoms with Gasteiger partial charge in [0.25, 0.3) is 0 Å². The number of nitrogens with zero attached hydrogens (tertiary/aromatic N) is 1. The van der Waals surface area contributed by atoms with Crippen LogP contribution in [0.3, 0.4) is 0 Å². The number of halogens is 1. The molecule has 0 bridgehead atoms. The topological polar surface area (TPSA) is 65.5 Å². The number of ketones is 1. The number of methoxy groups -OCH3 is 2. The maximum atomic E-state index is 12.2. The first-order valence-electron chi connectivity index (χ1n) is 6.95. The first-order chi connectivity index (χ1) is 11.0. The number of esters is 1. The monoisotopic (exact) mass is 333 g/mol. The predicted molar refractivity (Wildman–Crippen MR) is 86.8 cm³/mol. The average Bonchev–Trinajstić information content (AvgIpc) is 2.58. The molecule has 0 aliphatic rings. The third kappa shape index (κ3) is 4.29. The van der Waals surface area contributed by atoms with Crippen LogP contribution < -0.4 is 4.74 Å². The molecule has 0 aliphatic heterocycles. The zero-order valence-corrected chi connectivity index (χ0v) is 13.6. The van der Waals surface area contributed by atoms with Gasteiger partial charge in [-0.2, -0.15) is 0 Å². The number of Topliss-reactive ketones (excluding diaryl/α,β-unsaturated/α-hetero) is 1. The van der Waals surface area contributed by atoms with Gasteiger partial charge in [0.15, 0.2) is 5.78 Å². The highest BCUT2D eigenvalue weighted by Crippen LogP contribution is 2.28. The molecule has 2 aromatic rings. The van der Waals surface area contributed by atoms with Crippen LogP contribution in [0.15, 0.2) is 36.5 Å². The molecule has 1 aromatic heterocycles. The predicted octanol–water partition coefficient (Wildman–Crippen LogP) is 3.55. The van der Waals surface area contributed by atoms with Crippen molar-refractivity contribution in [2.45, 2.75) is 12.8 Å². The fourth-order valence-electron chi connectivity index (χ4n) is 2.07. The smallest absolute Gasteiger partial charge is 0.305 e. The molecule has 0 atom stereocenters. The Labute approximate surface area is 139 Å². The fraction of sp³-hybridized carbons (Fsp3) is 0.235. The molecule has 0 fully saturated rings. The van der Waals surface area contributed by atoms with E-state index >= 15 is 0 Å². The Kier molecular flexibility index (Phi) is 5.71. The molecule has 120 valence electrons. The van der Waals surface area contributed by atoms with Crippen molar-refractivity contribution in [1.29, 1.82) is 0 Å². The Balaban J connectivity index is 2.26. The molecule has 0 saturated heterocycles. The lowest BCUT2D eigenvalue weighted by atomic mass is 10.1. The summed E-state index contributed by atoms with van der Waals surface area (Å²) in [6.07, 6.45) is 1.61. The molecule has 6 heteroatoms. The van der Waals surface area contributed by atoms with E-state index in [1.54, 1.807) is 24.4 Å². The van der Waals surface area contributed by atoms with Crippen molar-refractivity contribution in [2.24, 2.45) is 0 Å². The maximum absolute atomic E-state index is 12.2. The molecule has 2 rings (SSSR count). The van der Waals surface area contributed by atoms with E-state index in [0.717, 1.165) is 11.1 Å². The molecule has 5 nitrogen and oxygen atoms in total. The minimum absolute atomic E-state index is 0.0101. The van der Waals surface area contributed by atoms with E-state index < -0.39 is 5.97 Å². The molecule has 23 heavy (non-hydrogen) atoms. The maximum Gasteiger partial charge on any atom is 0.305 e. The molecular weight excluding hydrogens is 318 g/mol. The summed E-state index contributed by atoms with van der Waals surface area (Å²) in [5.74, 6) is -0.352. The highest BCUT2D eigenvalue weighted by Gasteiger charge is 2.17. The van der Waals surface area contributed by atoms with Crippen LogP contribution in [0.4, 0.5) is 0 Å². The number of hydrogen-bond donors (Lipinski definition) is 0. The van der Waals surface area contributed by atoms with Gasteiger partial charge in [0.05, 0.1) is 20.6 Å². The Morgan fingerprint density at radius 2 is 1.91 bits per heavy atom. The zero-order chi connectivity index (χ0) is 16.8. The second-order valence-electron chi connectivity index (χ2n) is 4.78. The van der Waals surface area contributed by atoms with Crippen LogP contribution in [0.2, 0.25) is 5.02 Å². The number of aromatic nitrogens is 1. The summed E-state index contributed by atoms with van der Waals surface area (Å²) in [5, 5.41) is 0.611. The van der Waals surface area contributed by atoms with Crippen molar-refractivity contribution in [3.8, 4) is 16.9 Å². The number of carbonyl (C=O) groups excluding carboxylic acids is 2. The molecule has 0 aliphatic carbocycles. The molecule has 0 amide bonds. The Hall–Kier alpha value is -2.40. The number of benzene rings is 1. The number of hydrogen-bond acceptors (Lipinski definition) is 5. The van der Waals surface area contributed by atoms with Gasteiger partial charge >= 0.3 is 5.97 Å². The summed E-state index contributed by atoms with van der Waals surface area (Å²) in [7, 11) is 2.75. The van der Waals surface area contributed by atoms with Gasteiger partial charge in [0.2, 0.25) is 0 Å². The molecule has 0 saturated carbocycles. The summed E-state index contributed by atoms with van der Waals surface area (Å²) in [5.41, 5.74) is 1.85. The Morgan fingerprint density at radius 1 is 1.13 bits per heavy atom. The largest absolute Gasteiger partial charge is 0.494 e. The lowest BCUT2D eigenvalue weighted by Crippen LogP contribution is -2.09. The van der Waals surface area contributed by atoms with Crippen LogP contribution in [-0.4, -0.2) is 31.0 Å². The lowest BCUT2D eigenvalue weighted by molar-refractivity contribution is -0.140. The van der Waals surface area contributed by atoms with Crippen molar-refractivity contribution in [2.75, 3.05) is 14.2 Å². The van der Waals surface area contributed by atoms with Gasteiger partial charge < -0.3 is 9.47 Å². The van der Waals surface area contributed by atoms with E-state index in [1.165, 1.54) is 14.2 Å². The summed E-state index contributed by atoms with van der Waals surface area (Å²) >= 11 is 5.99. The van der Waals surface area contributed by atoms with Gasteiger partial charge in [-0.3, -0.25) is 9.59 Å². The zero-order valence-electron chi connectivity index (χ0n) is 12.8. The van der Waals surface area contributed by atoms with E-state index in [-0.39, 0.29) is 24.3 Å². The lowest BCUT2D eigenvalue weighted by Gasteiger charge is -2.09. The van der Waals surface area contributed by atoms with Crippen molar-refractivity contribution in [1.82, 2.24) is 4.98 Å². The highest BCUT2D eigenvalue weighted by molar-refractivity contribution is 6.30. The van der Waals surface area contributed by atoms with Crippen molar-refractivity contribution in [3.05, 3.63) is 47.2 Å². The normalized spacial score (nSPS) is 10.2. The molecule has 0 N–H and O–H groups in total. The Morgan fingerprint density at radius 3 is 2.57 bits per heavy atom. The van der Waals surface area contributed by atoms with Gasteiger partial charge in [0.1, 0.15) is 11.4 Å². The van der Waals surface area contributed by atoms with Gasteiger partial charge in [0, 0.05) is 23.2 Å². The summed E-state index contributed by atoms with van der Waals surface area (Å²) < 4.78 is 9.79. The van der Waals surface area contributed by atoms with Crippen molar-refractivity contribution in [3.63, 3.8) is 0 Å². The second kappa shape index (κ2) is 7.74. The van der Waals surface area contributed by atoms with Crippen LogP contribution in [0.1, 0.15) is 23.3 Å². The molecular formula is C17H16ClNO4. The number of pyridine rings is 1. The quantitative estimate of drug-likeness (QED) is 0.597. The molecule has 0 unspecified atom stereocenters. The van der Waals surface area contributed by atoms with E-state index in [1.807, 2.05) is 12.1 Å². The summed E-state index contributed by atoms with van der Waals surface area (Å²) in [6, 6.07) is 9.03. The van der Waals surface area contributed by atoms with E-state index in [9.17, 15) is 9.59 Å². The third-order valence-electron chi connectivity index (χ3n) is 3.28. The first kappa shape index (κ1) is 17.0. The Bertz CT molecular complexity index is 730. The number of rotatable bonds is 6. The molecule has 1 aromatic carbocycles. The molecule has 0 radical (unpaired) electrons. The summed E-state index contributed by atoms with van der Waals surface area (Å²) in [4.78, 5) is 27.5. The van der Waals surface area contributed by atoms with Crippen LogP contribution in [-0.2, 0) is 9.53 Å². The molecule has 1 heterocycles.